The van der Waals surface area contributed by atoms with E-state index in [4.69, 9.17) is 0 Å². The molecule has 0 atom stereocenters. The summed E-state index contributed by atoms with van der Waals surface area (Å²) in [6.45, 7) is 5.46. The van der Waals surface area contributed by atoms with Gasteiger partial charge in [-0.25, -0.2) is 14.8 Å². The maximum Gasteiger partial charge on any atom is 0.332 e. The highest BCUT2D eigenvalue weighted by atomic mass is 32.2. The number of carbonyl (C=O) groups is 1. The first-order valence-corrected chi connectivity index (χ1v) is 9.63. The Labute approximate surface area is 155 Å². The zero-order chi connectivity index (χ0) is 19.0. The minimum Gasteiger partial charge on any atom is -0.342 e. The third kappa shape index (κ3) is 3.40. The van der Waals surface area contributed by atoms with E-state index in [2.05, 4.69) is 16.9 Å². The van der Waals surface area contributed by atoms with Gasteiger partial charge in [-0.2, -0.15) is 0 Å². The SMILES string of the molecule is Cc1nc(SCC(=O)N2CCC(C)CC2)c2c(=O)n(C)c(=O)n(C)c2n1. The Bertz CT molecular complexity index is 973. The molecule has 1 amide bonds. The van der Waals surface area contributed by atoms with Crippen molar-refractivity contribution in [1.29, 1.82) is 0 Å². The van der Waals surface area contributed by atoms with E-state index in [9.17, 15) is 14.4 Å². The van der Waals surface area contributed by atoms with Crippen LogP contribution in [0.15, 0.2) is 14.6 Å². The van der Waals surface area contributed by atoms with Gasteiger partial charge in [0.25, 0.3) is 5.56 Å². The molecular formula is C17H23N5O3S. The fraction of sp³-hybridized carbons (Fsp3) is 0.588. The number of aryl methyl sites for hydroxylation is 2. The van der Waals surface area contributed by atoms with Gasteiger partial charge < -0.3 is 4.90 Å². The maximum atomic E-state index is 12.6. The lowest BCUT2D eigenvalue weighted by Crippen LogP contribution is -2.39. The lowest BCUT2D eigenvalue weighted by Gasteiger charge is -2.30. The number of piperidine rings is 1. The van der Waals surface area contributed by atoms with E-state index in [1.807, 2.05) is 4.90 Å². The van der Waals surface area contributed by atoms with Gasteiger partial charge in [-0.15, -0.1) is 0 Å². The Morgan fingerprint density at radius 3 is 2.46 bits per heavy atom. The molecule has 0 N–H and O–H groups in total. The first kappa shape index (κ1) is 18.6. The molecule has 0 radical (unpaired) electrons. The molecule has 1 aliphatic rings. The summed E-state index contributed by atoms with van der Waals surface area (Å²) < 4.78 is 2.38. The number of rotatable bonds is 3. The highest BCUT2D eigenvalue weighted by molar-refractivity contribution is 8.00. The van der Waals surface area contributed by atoms with E-state index in [1.165, 1.54) is 23.4 Å². The number of thioether (sulfide) groups is 1. The summed E-state index contributed by atoms with van der Waals surface area (Å²) in [6.07, 6.45) is 2.04. The second-order valence-electron chi connectivity index (χ2n) is 6.83. The number of aromatic nitrogens is 4. The Morgan fingerprint density at radius 2 is 1.81 bits per heavy atom. The summed E-state index contributed by atoms with van der Waals surface area (Å²) in [7, 11) is 3.00. The van der Waals surface area contributed by atoms with Crippen molar-refractivity contribution < 1.29 is 4.79 Å². The molecule has 140 valence electrons. The first-order valence-electron chi connectivity index (χ1n) is 8.64. The summed E-state index contributed by atoms with van der Waals surface area (Å²) in [5.41, 5.74) is -0.577. The van der Waals surface area contributed by atoms with Crippen LogP contribution in [0.2, 0.25) is 0 Å². The van der Waals surface area contributed by atoms with E-state index >= 15 is 0 Å². The van der Waals surface area contributed by atoms with Crippen molar-refractivity contribution in [1.82, 2.24) is 24.0 Å². The predicted octanol–water partition coefficient (Wildman–Crippen LogP) is 0.686. The molecule has 1 saturated heterocycles. The molecule has 9 heteroatoms. The molecule has 26 heavy (non-hydrogen) atoms. The van der Waals surface area contributed by atoms with Crippen LogP contribution in [-0.4, -0.2) is 48.8 Å². The Balaban J connectivity index is 1.92. The molecule has 1 fully saturated rings. The monoisotopic (exact) mass is 377 g/mol. The van der Waals surface area contributed by atoms with E-state index in [0.717, 1.165) is 30.5 Å². The van der Waals surface area contributed by atoms with Crippen LogP contribution in [0.25, 0.3) is 11.0 Å². The Hall–Kier alpha value is -2.16. The molecule has 3 rings (SSSR count). The molecule has 0 aromatic carbocycles. The normalized spacial score (nSPS) is 15.6. The Kier molecular flexibility index (Phi) is 5.17. The molecule has 1 aliphatic heterocycles. The maximum absolute atomic E-state index is 12.6. The largest absolute Gasteiger partial charge is 0.342 e. The summed E-state index contributed by atoms with van der Waals surface area (Å²) in [5.74, 6) is 1.38. The van der Waals surface area contributed by atoms with Gasteiger partial charge in [0.2, 0.25) is 5.91 Å². The molecule has 0 spiro atoms. The molecule has 3 heterocycles. The van der Waals surface area contributed by atoms with Gasteiger partial charge in [-0.05, 0) is 25.7 Å². The third-order valence-corrected chi connectivity index (χ3v) is 5.81. The smallest absolute Gasteiger partial charge is 0.332 e. The standard InChI is InChI=1S/C17H23N5O3S/c1-10-5-7-22(8-6-10)12(23)9-26-15-13-14(18-11(2)19-15)20(3)17(25)21(4)16(13)24/h10H,5-9H2,1-4H3. The molecule has 2 aromatic rings. The fourth-order valence-electron chi connectivity index (χ4n) is 3.12. The summed E-state index contributed by atoms with van der Waals surface area (Å²) in [4.78, 5) is 47.7. The van der Waals surface area contributed by atoms with E-state index in [-0.39, 0.29) is 17.0 Å². The van der Waals surface area contributed by atoms with Crippen molar-refractivity contribution in [3.63, 3.8) is 0 Å². The summed E-state index contributed by atoms with van der Waals surface area (Å²) in [5, 5.41) is 0.729. The predicted molar refractivity (Wildman–Crippen MR) is 100 cm³/mol. The van der Waals surface area contributed by atoms with Crippen LogP contribution in [0.5, 0.6) is 0 Å². The van der Waals surface area contributed by atoms with Crippen LogP contribution in [-0.2, 0) is 18.9 Å². The molecule has 0 bridgehead atoms. The minimum atomic E-state index is -0.440. The highest BCUT2D eigenvalue weighted by Gasteiger charge is 2.22. The zero-order valence-electron chi connectivity index (χ0n) is 15.5. The van der Waals surface area contributed by atoms with Gasteiger partial charge in [0.05, 0.1) is 5.75 Å². The molecule has 8 nitrogen and oxygen atoms in total. The number of fused-ring (bicyclic) bond motifs is 1. The van der Waals surface area contributed by atoms with Crippen molar-refractivity contribution >= 4 is 28.7 Å². The fourth-order valence-corrected chi connectivity index (χ4v) is 4.08. The molecule has 0 saturated carbocycles. The molecular weight excluding hydrogens is 354 g/mol. The second-order valence-corrected chi connectivity index (χ2v) is 7.80. The van der Waals surface area contributed by atoms with Gasteiger partial charge in [0.15, 0.2) is 5.65 Å². The van der Waals surface area contributed by atoms with Gasteiger partial charge in [-0.3, -0.25) is 18.7 Å². The van der Waals surface area contributed by atoms with Gasteiger partial charge >= 0.3 is 5.69 Å². The van der Waals surface area contributed by atoms with Crippen LogP contribution in [0, 0.1) is 12.8 Å². The Morgan fingerprint density at radius 1 is 1.15 bits per heavy atom. The summed E-state index contributed by atoms with van der Waals surface area (Å²) in [6, 6.07) is 0. The lowest BCUT2D eigenvalue weighted by molar-refractivity contribution is -0.129. The van der Waals surface area contributed by atoms with Crippen molar-refractivity contribution in [3.8, 4) is 0 Å². The topological polar surface area (TPSA) is 90.1 Å². The van der Waals surface area contributed by atoms with Crippen LogP contribution in [0.4, 0.5) is 0 Å². The minimum absolute atomic E-state index is 0.0490. The van der Waals surface area contributed by atoms with E-state index < -0.39 is 11.2 Å². The molecule has 0 aliphatic carbocycles. The first-order chi connectivity index (χ1) is 12.3. The molecule has 0 unspecified atom stereocenters. The summed E-state index contributed by atoms with van der Waals surface area (Å²) >= 11 is 1.23. The van der Waals surface area contributed by atoms with Crippen LogP contribution >= 0.6 is 11.8 Å². The van der Waals surface area contributed by atoms with Crippen LogP contribution in [0.1, 0.15) is 25.6 Å². The number of amides is 1. The van der Waals surface area contributed by atoms with Crippen molar-refractivity contribution in [2.75, 3.05) is 18.8 Å². The third-order valence-electron chi connectivity index (χ3n) is 4.85. The number of likely N-dealkylation sites (tertiary alicyclic amines) is 1. The van der Waals surface area contributed by atoms with Crippen LogP contribution < -0.4 is 11.2 Å². The van der Waals surface area contributed by atoms with Crippen molar-refractivity contribution in [2.45, 2.75) is 31.7 Å². The average molecular weight is 377 g/mol. The number of carbonyl (C=O) groups excluding carboxylic acids is 1. The highest BCUT2D eigenvalue weighted by Crippen LogP contribution is 2.23. The lowest BCUT2D eigenvalue weighted by atomic mass is 9.99. The number of nitrogens with zero attached hydrogens (tertiary/aromatic N) is 5. The van der Waals surface area contributed by atoms with Crippen molar-refractivity contribution in [3.05, 3.63) is 26.7 Å². The quantitative estimate of drug-likeness (QED) is 0.577. The molecule has 2 aromatic heterocycles. The number of hydrogen-bond donors (Lipinski definition) is 0. The number of hydrogen-bond acceptors (Lipinski definition) is 6. The van der Waals surface area contributed by atoms with Gasteiger partial charge in [0, 0.05) is 27.2 Å². The van der Waals surface area contributed by atoms with E-state index in [0.29, 0.717) is 22.4 Å². The van der Waals surface area contributed by atoms with Gasteiger partial charge in [-0.1, -0.05) is 18.7 Å². The van der Waals surface area contributed by atoms with Gasteiger partial charge in [0.1, 0.15) is 16.2 Å². The second kappa shape index (κ2) is 7.22. The van der Waals surface area contributed by atoms with E-state index in [1.54, 1.807) is 14.0 Å². The van der Waals surface area contributed by atoms with Crippen LogP contribution in [0.3, 0.4) is 0 Å². The average Bonchev–Trinajstić information content (AvgIpc) is 2.62. The zero-order valence-corrected chi connectivity index (χ0v) is 16.3. The van der Waals surface area contributed by atoms with Crippen molar-refractivity contribution in [2.24, 2.45) is 20.0 Å².